The third-order valence-corrected chi connectivity index (χ3v) is 4.74. The van der Waals surface area contributed by atoms with Gasteiger partial charge in [0.1, 0.15) is 0 Å². The maximum Gasteiger partial charge on any atom is 0.0774 e. The Kier molecular flexibility index (Phi) is 5.67. The Morgan fingerprint density at radius 1 is 1.21 bits per heavy atom. The van der Waals surface area contributed by atoms with Crippen LogP contribution in [0.4, 0.5) is 0 Å². The normalized spacial score (nSPS) is 25.3. The van der Waals surface area contributed by atoms with Gasteiger partial charge in [0.2, 0.25) is 0 Å². The van der Waals surface area contributed by atoms with Gasteiger partial charge >= 0.3 is 0 Å². The van der Waals surface area contributed by atoms with Crippen molar-refractivity contribution in [2.24, 2.45) is 11.8 Å². The molecular weight excluding hydrogens is 236 g/mol. The van der Waals surface area contributed by atoms with E-state index in [4.69, 9.17) is 0 Å². The van der Waals surface area contributed by atoms with Crippen LogP contribution in [0.5, 0.6) is 0 Å². The second kappa shape index (κ2) is 7.05. The summed E-state index contributed by atoms with van der Waals surface area (Å²) in [5.41, 5.74) is -0.358. The predicted octanol–water partition coefficient (Wildman–Crippen LogP) is 2.25. The number of rotatable bonds is 6. The van der Waals surface area contributed by atoms with Gasteiger partial charge in [-0.05, 0) is 63.7 Å². The molecule has 0 unspecified atom stereocenters. The van der Waals surface area contributed by atoms with E-state index < -0.39 is 0 Å². The SMILES string of the molecule is CC(C)CNCC1CCN(CC2(O)CCCC2)CC1. The van der Waals surface area contributed by atoms with Gasteiger partial charge in [0.25, 0.3) is 0 Å². The van der Waals surface area contributed by atoms with Crippen molar-refractivity contribution in [3.63, 3.8) is 0 Å². The fourth-order valence-corrected chi connectivity index (χ4v) is 3.53. The minimum atomic E-state index is -0.358. The van der Waals surface area contributed by atoms with Gasteiger partial charge in [0.05, 0.1) is 5.60 Å². The van der Waals surface area contributed by atoms with Gasteiger partial charge in [0, 0.05) is 6.54 Å². The monoisotopic (exact) mass is 268 g/mol. The number of hydrogen-bond acceptors (Lipinski definition) is 3. The summed E-state index contributed by atoms with van der Waals surface area (Å²) in [5, 5.41) is 14.0. The van der Waals surface area contributed by atoms with E-state index in [-0.39, 0.29) is 5.60 Å². The molecule has 1 saturated heterocycles. The molecule has 19 heavy (non-hydrogen) atoms. The molecule has 1 aliphatic carbocycles. The molecule has 2 rings (SSSR count). The number of likely N-dealkylation sites (tertiary alicyclic amines) is 1. The first-order chi connectivity index (χ1) is 9.07. The van der Waals surface area contributed by atoms with Crippen molar-refractivity contribution in [1.82, 2.24) is 10.2 Å². The molecule has 0 amide bonds. The van der Waals surface area contributed by atoms with Crippen LogP contribution in [0, 0.1) is 11.8 Å². The lowest BCUT2D eigenvalue weighted by Crippen LogP contribution is -2.45. The molecule has 3 heteroatoms. The van der Waals surface area contributed by atoms with Gasteiger partial charge in [-0.2, -0.15) is 0 Å². The number of aliphatic hydroxyl groups is 1. The highest BCUT2D eigenvalue weighted by atomic mass is 16.3. The summed E-state index contributed by atoms with van der Waals surface area (Å²) in [6, 6.07) is 0. The maximum absolute atomic E-state index is 10.5. The lowest BCUT2D eigenvalue weighted by Gasteiger charge is -2.36. The molecule has 0 aromatic heterocycles. The summed E-state index contributed by atoms with van der Waals surface area (Å²) in [5.74, 6) is 1.59. The van der Waals surface area contributed by atoms with Crippen molar-refractivity contribution < 1.29 is 5.11 Å². The zero-order valence-electron chi connectivity index (χ0n) is 12.8. The summed E-state index contributed by atoms with van der Waals surface area (Å²) in [7, 11) is 0. The number of nitrogens with one attached hydrogen (secondary N) is 1. The molecule has 0 radical (unpaired) electrons. The Hall–Kier alpha value is -0.120. The molecule has 0 aromatic carbocycles. The lowest BCUT2D eigenvalue weighted by atomic mass is 9.94. The van der Waals surface area contributed by atoms with Crippen LogP contribution in [0.15, 0.2) is 0 Å². The van der Waals surface area contributed by atoms with Crippen LogP contribution in [0.3, 0.4) is 0 Å². The van der Waals surface area contributed by atoms with Gasteiger partial charge in [-0.3, -0.25) is 0 Å². The van der Waals surface area contributed by atoms with Crippen molar-refractivity contribution >= 4 is 0 Å². The third kappa shape index (κ3) is 5.05. The minimum absolute atomic E-state index is 0.358. The van der Waals surface area contributed by atoms with Gasteiger partial charge in [-0.25, -0.2) is 0 Å². The molecule has 1 heterocycles. The van der Waals surface area contributed by atoms with E-state index in [9.17, 15) is 5.11 Å². The van der Waals surface area contributed by atoms with Gasteiger partial charge in [-0.1, -0.05) is 26.7 Å². The fraction of sp³-hybridized carbons (Fsp3) is 1.00. The summed E-state index contributed by atoms with van der Waals surface area (Å²) in [6.07, 6.45) is 7.05. The smallest absolute Gasteiger partial charge is 0.0774 e. The van der Waals surface area contributed by atoms with Crippen molar-refractivity contribution in [2.75, 3.05) is 32.7 Å². The molecule has 0 aromatic rings. The Balaban J connectivity index is 1.62. The molecule has 0 spiro atoms. The van der Waals surface area contributed by atoms with Gasteiger partial charge < -0.3 is 15.3 Å². The predicted molar refractivity (Wildman–Crippen MR) is 80.3 cm³/mol. The van der Waals surface area contributed by atoms with Crippen LogP contribution >= 0.6 is 0 Å². The summed E-state index contributed by atoms with van der Waals surface area (Å²) in [6.45, 7) is 10.1. The van der Waals surface area contributed by atoms with Crippen LogP contribution in [-0.4, -0.2) is 48.3 Å². The van der Waals surface area contributed by atoms with E-state index in [1.165, 1.54) is 45.3 Å². The molecule has 2 N–H and O–H groups in total. The largest absolute Gasteiger partial charge is 0.389 e. The minimum Gasteiger partial charge on any atom is -0.389 e. The fourth-order valence-electron chi connectivity index (χ4n) is 3.53. The molecule has 1 aliphatic heterocycles. The number of hydrogen-bond donors (Lipinski definition) is 2. The van der Waals surface area contributed by atoms with E-state index in [1.807, 2.05) is 0 Å². The van der Waals surface area contributed by atoms with Crippen molar-refractivity contribution in [3.05, 3.63) is 0 Å². The zero-order chi connectivity index (χ0) is 13.7. The van der Waals surface area contributed by atoms with Gasteiger partial charge in [0.15, 0.2) is 0 Å². The van der Waals surface area contributed by atoms with Crippen LogP contribution in [0.2, 0.25) is 0 Å². The van der Waals surface area contributed by atoms with Crippen LogP contribution < -0.4 is 5.32 Å². The Labute approximate surface area is 118 Å². The summed E-state index contributed by atoms with van der Waals surface area (Å²) < 4.78 is 0. The quantitative estimate of drug-likeness (QED) is 0.775. The first-order valence-corrected chi connectivity index (χ1v) is 8.23. The first kappa shape index (κ1) is 15.3. The lowest BCUT2D eigenvalue weighted by molar-refractivity contribution is 0.000207. The number of nitrogens with zero attached hydrogens (tertiary/aromatic N) is 1. The second-order valence-corrected chi connectivity index (χ2v) is 7.20. The summed E-state index contributed by atoms with van der Waals surface area (Å²) >= 11 is 0. The number of β-amino-alcohol motifs (C(OH)–C–C–N with tert-alkyl or cyclic N) is 1. The van der Waals surface area contributed by atoms with E-state index in [0.29, 0.717) is 0 Å². The highest BCUT2D eigenvalue weighted by molar-refractivity contribution is 4.88. The van der Waals surface area contributed by atoms with Gasteiger partial charge in [-0.15, -0.1) is 0 Å². The van der Waals surface area contributed by atoms with Crippen LogP contribution in [0.1, 0.15) is 52.4 Å². The Morgan fingerprint density at radius 3 is 2.42 bits per heavy atom. The first-order valence-electron chi connectivity index (χ1n) is 8.23. The summed E-state index contributed by atoms with van der Waals surface area (Å²) in [4.78, 5) is 2.49. The van der Waals surface area contributed by atoms with Crippen LogP contribution in [-0.2, 0) is 0 Å². The molecule has 2 aliphatic rings. The molecule has 0 bridgehead atoms. The average molecular weight is 268 g/mol. The topological polar surface area (TPSA) is 35.5 Å². The Morgan fingerprint density at radius 2 is 1.84 bits per heavy atom. The molecule has 3 nitrogen and oxygen atoms in total. The van der Waals surface area contributed by atoms with E-state index in [1.54, 1.807) is 0 Å². The van der Waals surface area contributed by atoms with Crippen molar-refractivity contribution in [1.29, 1.82) is 0 Å². The number of piperidine rings is 1. The molecular formula is C16H32N2O. The van der Waals surface area contributed by atoms with E-state index >= 15 is 0 Å². The van der Waals surface area contributed by atoms with E-state index in [0.717, 1.165) is 37.8 Å². The van der Waals surface area contributed by atoms with Crippen molar-refractivity contribution in [2.45, 2.75) is 58.0 Å². The highest BCUT2D eigenvalue weighted by Crippen LogP contribution is 2.31. The second-order valence-electron chi connectivity index (χ2n) is 7.20. The zero-order valence-corrected chi connectivity index (χ0v) is 12.8. The molecule has 2 fully saturated rings. The van der Waals surface area contributed by atoms with Crippen molar-refractivity contribution in [3.8, 4) is 0 Å². The van der Waals surface area contributed by atoms with Crippen LogP contribution in [0.25, 0.3) is 0 Å². The molecule has 0 atom stereocenters. The standard InChI is InChI=1S/C16H32N2O/c1-14(2)11-17-12-15-5-9-18(10-6-15)13-16(19)7-3-4-8-16/h14-15,17,19H,3-13H2,1-2H3. The molecule has 1 saturated carbocycles. The average Bonchev–Trinajstić information content (AvgIpc) is 2.78. The molecule has 112 valence electrons. The third-order valence-electron chi connectivity index (χ3n) is 4.74. The highest BCUT2D eigenvalue weighted by Gasteiger charge is 2.34. The van der Waals surface area contributed by atoms with E-state index in [2.05, 4.69) is 24.1 Å². The Bertz CT molecular complexity index is 253. The maximum atomic E-state index is 10.5.